The fraction of sp³-hybridized carbons (Fsp3) is 0.171. The van der Waals surface area contributed by atoms with Crippen molar-refractivity contribution in [3.8, 4) is 5.75 Å². The summed E-state index contributed by atoms with van der Waals surface area (Å²) in [6.45, 7) is 4.19. The lowest BCUT2D eigenvalue weighted by atomic mass is 10.00. The van der Waals surface area contributed by atoms with Gasteiger partial charge in [-0.3, -0.25) is 9.59 Å². The summed E-state index contributed by atoms with van der Waals surface area (Å²) in [6.07, 6.45) is 2.01. The van der Waals surface area contributed by atoms with Gasteiger partial charge in [-0.2, -0.15) is 0 Å². The number of ketones is 1. The Kier molecular flexibility index (Phi) is 10.8. The molecular formula is C35H33FN2O5. The Morgan fingerprint density at radius 3 is 2.35 bits per heavy atom. The molecule has 0 bridgehead atoms. The van der Waals surface area contributed by atoms with Crippen LogP contribution in [0.15, 0.2) is 116 Å². The van der Waals surface area contributed by atoms with Crippen molar-refractivity contribution in [1.29, 1.82) is 0 Å². The van der Waals surface area contributed by atoms with Gasteiger partial charge < -0.3 is 19.7 Å². The van der Waals surface area contributed by atoms with E-state index in [1.807, 2.05) is 18.2 Å². The number of hydrogen-bond acceptors (Lipinski definition) is 6. The topological polar surface area (TPSA) is 84.9 Å². The molecule has 0 saturated heterocycles. The molecule has 220 valence electrons. The fourth-order valence-corrected chi connectivity index (χ4v) is 4.57. The van der Waals surface area contributed by atoms with E-state index < -0.39 is 17.8 Å². The Bertz CT molecular complexity index is 1560. The summed E-state index contributed by atoms with van der Waals surface area (Å²) >= 11 is 0. The smallest absolute Gasteiger partial charge is 0.328 e. The van der Waals surface area contributed by atoms with E-state index in [1.165, 1.54) is 30.2 Å². The molecule has 1 amide bonds. The molecular weight excluding hydrogens is 547 g/mol. The van der Waals surface area contributed by atoms with Crippen molar-refractivity contribution in [3.63, 3.8) is 0 Å². The van der Waals surface area contributed by atoms with Gasteiger partial charge in [0, 0.05) is 35.5 Å². The third kappa shape index (κ3) is 8.39. The van der Waals surface area contributed by atoms with Crippen molar-refractivity contribution in [2.45, 2.75) is 18.9 Å². The maximum absolute atomic E-state index is 13.7. The number of esters is 1. The third-order valence-electron chi connectivity index (χ3n) is 6.74. The summed E-state index contributed by atoms with van der Waals surface area (Å²) in [5.41, 5.74) is 2.85. The van der Waals surface area contributed by atoms with Crippen LogP contribution in [-0.4, -0.2) is 44.0 Å². The molecule has 1 atom stereocenters. The average Bonchev–Trinajstić information content (AvgIpc) is 3.04. The van der Waals surface area contributed by atoms with Crippen molar-refractivity contribution < 1.29 is 28.2 Å². The Morgan fingerprint density at radius 1 is 0.930 bits per heavy atom. The second-order valence-electron chi connectivity index (χ2n) is 9.68. The molecule has 0 aliphatic rings. The molecule has 0 fully saturated rings. The highest BCUT2D eigenvalue weighted by molar-refractivity contribution is 6.12. The predicted octanol–water partition coefficient (Wildman–Crippen LogP) is 6.24. The summed E-state index contributed by atoms with van der Waals surface area (Å²) in [6, 6.07) is 28.5. The molecule has 4 aromatic carbocycles. The maximum Gasteiger partial charge on any atom is 0.328 e. The summed E-state index contributed by atoms with van der Waals surface area (Å²) in [5.74, 6) is -0.737. The van der Waals surface area contributed by atoms with E-state index in [0.717, 1.165) is 5.56 Å². The number of ether oxygens (including phenoxy) is 2. The molecule has 0 aliphatic heterocycles. The van der Waals surface area contributed by atoms with Crippen LogP contribution in [0.2, 0.25) is 0 Å². The van der Waals surface area contributed by atoms with Gasteiger partial charge in [0.15, 0.2) is 5.78 Å². The molecule has 0 aromatic heterocycles. The first-order chi connectivity index (χ1) is 20.9. The number of carbonyl (C=O) groups is 3. The van der Waals surface area contributed by atoms with Crippen molar-refractivity contribution >= 4 is 29.0 Å². The van der Waals surface area contributed by atoms with Crippen LogP contribution < -0.4 is 15.0 Å². The van der Waals surface area contributed by atoms with E-state index in [2.05, 4.69) is 11.9 Å². The van der Waals surface area contributed by atoms with Crippen LogP contribution in [0.5, 0.6) is 5.75 Å². The minimum Gasteiger partial charge on any atom is -0.494 e. The summed E-state index contributed by atoms with van der Waals surface area (Å²) < 4.78 is 24.6. The molecule has 8 heteroatoms. The number of anilines is 2. The molecule has 4 aromatic rings. The van der Waals surface area contributed by atoms with Gasteiger partial charge in [-0.1, -0.05) is 67.2 Å². The molecule has 0 aliphatic carbocycles. The standard InChI is InChI=1S/C35H33FN2O5/c1-3-33(39)38(28-14-9-13-27(36)24-28)21-10-22-43-29-19-17-25(18-20-29)23-32(35(41)42-2)37-31-16-8-7-15-30(31)34(40)26-11-5-4-6-12-26/h3-9,11-20,24,32,37H,1,10,21-23H2,2H3/t32-/m0/s1. The van der Waals surface area contributed by atoms with Gasteiger partial charge in [0.2, 0.25) is 5.91 Å². The molecule has 1 N–H and O–H groups in total. The van der Waals surface area contributed by atoms with Crippen LogP contribution in [0, 0.1) is 5.82 Å². The van der Waals surface area contributed by atoms with E-state index in [4.69, 9.17) is 9.47 Å². The van der Waals surface area contributed by atoms with Crippen LogP contribution in [0.1, 0.15) is 27.9 Å². The lowest BCUT2D eigenvalue weighted by molar-refractivity contribution is -0.141. The Morgan fingerprint density at radius 2 is 1.65 bits per heavy atom. The minimum atomic E-state index is -0.738. The number of para-hydroxylation sites is 1. The average molecular weight is 581 g/mol. The van der Waals surface area contributed by atoms with Crippen LogP contribution >= 0.6 is 0 Å². The molecule has 0 radical (unpaired) electrons. The van der Waals surface area contributed by atoms with Gasteiger partial charge >= 0.3 is 5.97 Å². The quantitative estimate of drug-likeness (QED) is 0.0823. The number of halogens is 1. The number of methoxy groups -OCH3 is 1. The van der Waals surface area contributed by atoms with Crippen LogP contribution in [0.25, 0.3) is 0 Å². The minimum absolute atomic E-state index is 0.151. The maximum atomic E-state index is 13.7. The largest absolute Gasteiger partial charge is 0.494 e. The first-order valence-corrected chi connectivity index (χ1v) is 13.8. The molecule has 0 unspecified atom stereocenters. The van der Waals surface area contributed by atoms with Crippen LogP contribution in [-0.2, 0) is 20.7 Å². The zero-order valence-electron chi connectivity index (χ0n) is 23.9. The van der Waals surface area contributed by atoms with Crippen LogP contribution in [0.3, 0.4) is 0 Å². The predicted molar refractivity (Wildman–Crippen MR) is 165 cm³/mol. The third-order valence-corrected chi connectivity index (χ3v) is 6.74. The van der Waals surface area contributed by atoms with Gasteiger partial charge in [0.25, 0.3) is 0 Å². The zero-order chi connectivity index (χ0) is 30.6. The zero-order valence-corrected chi connectivity index (χ0v) is 23.9. The van der Waals surface area contributed by atoms with E-state index >= 15 is 0 Å². The van der Waals surface area contributed by atoms with E-state index in [0.29, 0.717) is 54.2 Å². The van der Waals surface area contributed by atoms with Crippen molar-refractivity contribution in [2.75, 3.05) is 30.5 Å². The number of hydrogen-bond donors (Lipinski definition) is 1. The van der Waals surface area contributed by atoms with Gasteiger partial charge in [-0.25, -0.2) is 9.18 Å². The number of nitrogens with one attached hydrogen (secondary N) is 1. The Labute approximate surface area is 250 Å². The van der Waals surface area contributed by atoms with Crippen molar-refractivity contribution in [2.24, 2.45) is 0 Å². The monoisotopic (exact) mass is 580 g/mol. The molecule has 4 rings (SSSR count). The molecule has 7 nitrogen and oxygen atoms in total. The van der Waals surface area contributed by atoms with E-state index in [-0.39, 0.29) is 11.7 Å². The highest BCUT2D eigenvalue weighted by Crippen LogP contribution is 2.23. The summed E-state index contributed by atoms with van der Waals surface area (Å²) in [5, 5.41) is 3.21. The summed E-state index contributed by atoms with van der Waals surface area (Å²) in [4.78, 5) is 39.6. The number of nitrogens with zero attached hydrogens (tertiary/aromatic N) is 1. The Hall–Kier alpha value is -5.24. The first kappa shape index (κ1) is 30.7. The van der Waals surface area contributed by atoms with Crippen LogP contribution in [0.4, 0.5) is 15.8 Å². The summed E-state index contributed by atoms with van der Waals surface area (Å²) in [7, 11) is 1.33. The molecule has 0 saturated carbocycles. The van der Waals surface area contributed by atoms with Gasteiger partial charge in [0.1, 0.15) is 17.6 Å². The normalized spacial score (nSPS) is 11.2. The SMILES string of the molecule is C=CC(=O)N(CCCOc1ccc(C[C@H](Nc2ccccc2C(=O)c2ccccc2)C(=O)OC)cc1)c1cccc(F)c1. The highest BCUT2D eigenvalue weighted by atomic mass is 19.1. The second-order valence-corrected chi connectivity index (χ2v) is 9.68. The number of benzene rings is 4. The lowest BCUT2D eigenvalue weighted by Gasteiger charge is -2.21. The van der Waals surface area contributed by atoms with Gasteiger partial charge in [0.05, 0.1) is 13.7 Å². The highest BCUT2D eigenvalue weighted by Gasteiger charge is 2.23. The lowest BCUT2D eigenvalue weighted by Crippen LogP contribution is -2.33. The van der Waals surface area contributed by atoms with Gasteiger partial charge in [-0.15, -0.1) is 0 Å². The first-order valence-electron chi connectivity index (χ1n) is 13.8. The number of carbonyl (C=O) groups excluding carboxylic acids is 3. The fourth-order valence-electron chi connectivity index (χ4n) is 4.57. The van der Waals surface area contributed by atoms with Crippen molar-refractivity contribution in [1.82, 2.24) is 0 Å². The molecule has 0 spiro atoms. The number of amides is 1. The Balaban J connectivity index is 1.37. The number of rotatable bonds is 14. The van der Waals surface area contributed by atoms with E-state index in [1.54, 1.807) is 72.8 Å². The van der Waals surface area contributed by atoms with Crippen molar-refractivity contribution in [3.05, 3.63) is 138 Å². The van der Waals surface area contributed by atoms with Gasteiger partial charge in [-0.05, 0) is 60.5 Å². The molecule has 0 heterocycles. The molecule has 43 heavy (non-hydrogen) atoms. The van der Waals surface area contributed by atoms with E-state index in [9.17, 15) is 18.8 Å². The second kappa shape index (κ2) is 15.1.